The van der Waals surface area contributed by atoms with Gasteiger partial charge in [-0.05, 0) is 25.1 Å². The summed E-state index contributed by atoms with van der Waals surface area (Å²) in [4.78, 5) is 10.6. The molecule has 2 heterocycles. The normalized spacial score (nSPS) is 10.1. The third-order valence-electron chi connectivity index (χ3n) is 1.82. The molecule has 0 aliphatic heterocycles. The van der Waals surface area contributed by atoms with Gasteiger partial charge in [0.15, 0.2) is 0 Å². The minimum atomic E-state index is 0.829. The van der Waals surface area contributed by atoms with E-state index in [2.05, 4.69) is 34.3 Å². The van der Waals surface area contributed by atoms with Crippen molar-refractivity contribution < 1.29 is 0 Å². The molecular weight excluding hydrogens is 194 g/mol. The number of rotatable bonds is 3. The van der Waals surface area contributed by atoms with Gasteiger partial charge in [-0.15, -0.1) is 11.3 Å². The summed E-state index contributed by atoms with van der Waals surface area (Å²) in [5, 5.41) is 3.23. The topological polar surface area (TPSA) is 37.8 Å². The Labute approximate surface area is 86.8 Å². The van der Waals surface area contributed by atoms with E-state index in [1.165, 1.54) is 9.75 Å². The summed E-state index contributed by atoms with van der Waals surface area (Å²) in [5.41, 5.74) is 0. The highest BCUT2D eigenvalue weighted by atomic mass is 32.1. The predicted molar refractivity (Wildman–Crippen MR) is 58.4 cm³/mol. The molecular formula is C10H11N3S. The number of anilines is 1. The Hall–Kier alpha value is -1.42. The van der Waals surface area contributed by atoms with Crippen LogP contribution in [0.4, 0.5) is 5.82 Å². The monoisotopic (exact) mass is 205 g/mol. The maximum Gasteiger partial charge on any atom is 0.129 e. The summed E-state index contributed by atoms with van der Waals surface area (Å²) in [6.45, 7) is 2.94. The van der Waals surface area contributed by atoms with Crippen LogP contribution in [0.25, 0.3) is 0 Å². The van der Waals surface area contributed by atoms with Gasteiger partial charge in [-0.1, -0.05) is 0 Å². The minimum absolute atomic E-state index is 0.829. The number of aryl methyl sites for hydroxylation is 1. The molecule has 0 radical (unpaired) electrons. The first kappa shape index (κ1) is 9.15. The molecule has 0 saturated heterocycles. The minimum Gasteiger partial charge on any atom is -0.365 e. The molecule has 0 fully saturated rings. The Morgan fingerprint density at radius 2 is 2.29 bits per heavy atom. The van der Waals surface area contributed by atoms with Crippen LogP contribution < -0.4 is 5.32 Å². The van der Waals surface area contributed by atoms with E-state index < -0.39 is 0 Å². The first-order valence-electron chi connectivity index (χ1n) is 4.40. The molecule has 0 atom stereocenters. The fourth-order valence-electron chi connectivity index (χ4n) is 1.15. The highest BCUT2D eigenvalue weighted by molar-refractivity contribution is 7.11. The largest absolute Gasteiger partial charge is 0.365 e. The van der Waals surface area contributed by atoms with Crippen molar-refractivity contribution in [1.29, 1.82) is 0 Å². The molecule has 0 aliphatic rings. The maximum atomic E-state index is 4.08. The molecule has 0 amide bonds. The summed E-state index contributed by atoms with van der Waals surface area (Å²) in [6.07, 6.45) is 3.27. The van der Waals surface area contributed by atoms with Gasteiger partial charge in [-0.25, -0.2) is 9.97 Å². The predicted octanol–water partition coefficient (Wildman–Crippen LogP) is 2.46. The highest BCUT2D eigenvalue weighted by Gasteiger charge is 1.96. The SMILES string of the molecule is Cc1ccc(CNc2ccncn2)s1. The summed E-state index contributed by atoms with van der Waals surface area (Å²) in [7, 11) is 0. The molecule has 4 heteroatoms. The Morgan fingerprint density at radius 1 is 1.36 bits per heavy atom. The van der Waals surface area contributed by atoms with Gasteiger partial charge in [0.1, 0.15) is 12.1 Å². The van der Waals surface area contributed by atoms with Crippen molar-refractivity contribution in [2.45, 2.75) is 13.5 Å². The Kier molecular flexibility index (Phi) is 2.74. The summed E-state index contributed by atoms with van der Waals surface area (Å²) in [5.74, 6) is 0.867. The van der Waals surface area contributed by atoms with Crippen LogP contribution in [-0.2, 0) is 6.54 Å². The summed E-state index contributed by atoms with van der Waals surface area (Å²) < 4.78 is 0. The van der Waals surface area contributed by atoms with Crippen molar-refractivity contribution in [1.82, 2.24) is 9.97 Å². The Balaban J connectivity index is 1.95. The maximum absolute atomic E-state index is 4.08. The standard InChI is InChI=1S/C10H11N3S/c1-8-2-3-9(14-8)6-12-10-4-5-11-7-13-10/h2-5,7H,6H2,1H3,(H,11,12,13). The van der Waals surface area contributed by atoms with E-state index in [1.54, 1.807) is 23.9 Å². The Morgan fingerprint density at radius 3 is 2.93 bits per heavy atom. The van der Waals surface area contributed by atoms with Crippen LogP contribution in [0, 0.1) is 6.92 Å². The molecule has 3 nitrogen and oxygen atoms in total. The van der Waals surface area contributed by atoms with Crippen LogP contribution in [0.1, 0.15) is 9.75 Å². The first-order valence-corrected chi connectivity index (χ1v) is 5.21. The van der Waals surface area contributed by atoms with Gasteiger partial charge in [0, 0.05) is 16.0 Å². The van der Waals surface area contributed by atoms with E-state index in [4.69, 9.17) is 0 Å². The summed E-state index contributed by atoms with van der Waals surface area (Å²) in [6, 6.07) is 6.12. The number of nitrogens with one attached hydrogen (secondary N) is 1. The highest BCUT2D eigenvalue weighted by Crippen LogP contribution is 2.15. The lowest BCUT2D eigenvalue weighted by molar-refractivity contribution is 1.10. The third-order valence-corrected chi connectivity index (χ3v) is 2.82. The van der Waals surface area contributed by atoms with Crippen LogP contribution in [0.5, 0.6) is 0 Å². The zero-order valence-corrected chi connectivity index (χ0v) is 8.71. The van der Waals surface area contributed by atoms with Crippen molar-refractivity contribution in [2.75, 3.05) is 5.32 Å². The first-order chi connectivity index (χ1) is 6.84. The molecule has 0 spiro atoms. The van der Waals surface area contributed by atoms with Crippen molar-refractivity contribution in [3.63, 3.8) is 0 Å². The van der Waals surface area contributed by atoms with Crippen LogP contribution in [0.2, 0.25) is 0 Å². The second-order valence-corrected chi connectivity index (χ2v) is 4.33. The van der Waals surface area contributed by atoms with Crippen molar-refractivity contribution in [3.05, 3.63) is 40.5 Å². The van der Waals surface area contributed by atoms with Crippen LogP contribution in [0.3, 0.4) is 0 Å². The van der Waals surface area contributed by atoms with E-state index >= 15 is 0 Å². The number of thiophene rings is 1. The second-order valence-electron chi connectivity index (χ2n) is 2.96. The van der Waals surface area contributed by atoms with E-state index in [-0.39, 0.29) is 0 Å². The third kappa shape index (κ3) is 2.29. The average molecular weight is 205 g/mol. The zero-order chi connectivity index (χ0) is 9.80. The van der Waals surface area contributed by atoms with E-state index in [0.717, 1.165) is 12.4 Å². The molecule has 0 bridgehead atoms. The number of hydrogen-bond donors (Lipinski definition) is 1. The Bertz CT molecular complexity index is 397. The molecule has 0 unspecified atom stereocenters. The lowest BCUT2D eigenvalue weighted by Gasteiger charge is -2.01. The van der Waals surface area contributed by atoms with Crippen LogP contribution >= 0.6 is 11.3 Å². The van der Waals surface area contributed by atoms with Gasteiger partial charge < -0.3 is 5.32 Å². The van der Waals surface area contributed by atoms with Gasteiger partial charge in [0.2, 0.25) is 0 Å². The van der Waals surface area contributed by atoms with Crippen molar-refractivity contribution in [3.8, 4) is 0 Å². The average Bonchev–Trinajstić information content (AvgIpc) is 2.63. The number of nitrogens with zero attached hydrogens (tertiary/aromatic N) is 2. The van der Waals surface area contributed by atoms with Crippen molar-refractivity contribution >= 4 is 17.2 Å². The van der Waals surface area contributed by atoms with Crippen LogP contribution in [0.15, 0.2) is 30.7 Å². The van der Waals surface area contributed by atoms with Crippen molar-refractivity contribution in [2.24, 2.45) is 0 Å². The molecule has 2 aromatic heterocycles. The molecule has 0 aliphatic carbocycles. The van der Waals surface area contributed by atoms with E-state index in [0.29, 0.717) is 0 Å². The molecule has 2 aromatic rings. The second kappa shape index (κ2) is 4.19. The quantitative estimate of drug-likeness (QED) is 0.836. The van der Waals surface area contributed by atoms with Gasteiger partial charge in [0.05, 0.1) is 6.54 Å². The smallest absolute Gasteiger partial charge is 0.129 e. The van der Waals surface area contributed by atoms with Gasteiger partial charge in [-0.3, -0.25) is 0 Å². The lowest BCUT2D eigenvalue weighted by atomic mass is 10.4. The summed E-state index contributed by atoms with van der Waals surface area (Å²) >= 11 is 1.80. The lowest BCUT2D eigenvalue weighted by Crippen LogP contribution is -1.99. The molecule has 1 N–H and O–H groups in total. The zero-order valence-electron chi connectivity index (χ0n) is 7.90. The van der Waals surface area contributed by atoms with Gasteiger partial charge in [0.25, 0.3) is 0 Å². The molecule has 2 rings (SSSR count). The van der Waals surface area contributed by atoms with Gasteiger partial charge in [-0.2, -0.15) is 0 Å². The molecule has 0 saturated carbocycles. The molecule has 72 valence electrons. The fourth-order valence-corrected chi connectivity index (χ4v) is 1.98. The van der Waals surface area contributed by atoms with E-state index in [9.17, 15) is 0 Å². The fraction of sp³-hybridized carbons (Fsp3) is 0.200. The van der Waals surface area contributed by atoms with E-state index in [1.807, 2.05) is 6.07 Å². The molecule has 0 aromatic carbocycles. The number of hydrogen-bond acceptors (Lipinski definition) is 4. The van der Waals surface area contributed by atoms with Gasteiger partial charge >= 0.3 is 0 Å². The molecule has 14 heavy (non-hydrogen) atoms. The number of aromatic nitrogens is 2. The van der Waals surface area contributed by atoms with Crippen LogP contribution in [-0.4, -0.2) is 9.97 Å².